The fourth-order valence-electron chi connectivity index (χ4n) is 2.81. The van der Waals surface area contributed by atoms with Crippen molar-refractivity contribution < 1.29 is 14.3 Å². The highest BCUT2D eigenvalue weighted by atomic mass is 16.5. The van der Waals surface area contributed by atoms with Gasteiger partial charge in [-0.3, -0.25) is 4.79 Å². The first kappa shape index (κ1) is 16.5. The summed E-state index contributed by atoms with van der Waals surface area (Å²) in [6.45, 7) is 5.64. The molecule has 1 aliphatic rings. The molecule has 1 aromatic carbocycles. The number of nitrogens with one attached hydrogen (secondary N) is 1. The van der Waals surface area contributed by atoms with E-state index in [0.717, 1.165) is 36.3 Å². The SMILES string of the molecule is Cc1cc(C)cc(OCn2ccc(C(=O)NCC3CCCO3)n2)c1. The summed E-state index contributed by atoms with van der Waals surface area (Å²) in [7, 11) is 0. The average molecular weight is 329 g/mol. The molecule has 1 amide bonds. The minimum absolute atomic E-state index is 0.129. The Morgan fingerprint density at radius 3 is 2.88 bits per heavy atom. The maximum absolute atomic E-state index is 12.1. The molecule has 6 nitrogen and oxygen atoms in total. The molecule has 1 atom stereocenters. The maximum Gasteiger partial charge on any atom is 0.271 e. The van der Waals surface area contributed by atoms with E-state index in [4.69, 9.17) is 9.47 Å². The highest BCUT2D eigenvalue weighted by Crippen LogP contribution is 2.16. The fraction of sp³-hybridized carbons (Fsp3) is 0.444. The molecule has 1 saturated heterocycles. The van der Waals surface area contributed by atoms with Crippen LogP contribution in [-0.2, 0) is 11.5 Å². The third kappa shape index (κ3) is 4.35. The molecule has 1 aliphatic heterocycles. The lowest BCUT2D eigenvalue weighted by atomic mass is 10.1. The van der Waals surface area contributed by atoms with Gasteiger partial charge in [0.2, 0.25) is 0 Å². The Balaban J connectivity index is 1.51. The smallest absolute Gasteiger partial charge is 0.271 e. The van der Waals surface area contributed by atoms with Crippen LogP contribution >= 0.6 is 0 Å². The minimum Gasteiger partial charge on any atom is -0.471 e. The van der Waals surface area contributed by atoms with E-state index in [0.29, 0.717) is 12.2 Å². The first-order valence-electron chi connectivity index (χ1n) is 8.24. The molecule has 1 fully saturated rings. The normalized spacial score (nSPS) is 17.0. The molecule has 6 heteroatoms. The number of rotatable bonds is 6. The van der Waals surface area contributed by atoms with E-state index in [1.807, 2.05) is 26.0 Å². The molecule has 3 rings (SSSR count). The van der Waals surface area contributed by atoms with Gasteiger partial charge in [0.25, 0.3) is 5.91 Å². The van der Waals surface area contributed by atoms with Crippen LogP contribution in [0.4, 0.5) is 0 Å². The minimum atomic E-state index is -0.185. The van der Waals surface area contributed by atoms with Gasteiger partial charge < -0.3 is 14.8 Å². The molecule has 1 unspecified atom stereocenters. The van der Waals surface area contributed by atoms with Crippen LogP contribution in [0.15, 0.2) is 30.5 Å². The molecule has 0 aliphatic carbocycles. The van der Waals surface area contributed by atoms with Crippen molar-refractivity contribution in [3.05, 3.63) is 47.3 Å². The monoisotopic (exact) mass is 329 g/mol. The summed E-state index contributed by atoms with van der Waals surface area (Å²) in [6.07, 6.45) is 3.93. The number of nitrogens with zero attached hydrogens (tertiary/aromatic N) is 2. The standard InChI is InChI=1S/C18H23N3O3/c1-13-8-14(2)10-16(9-13)24-12-21-6-5-17(20-21)18(22)19-11-15-4-3-7-23-15/h5-6,8-10,15H,3-4,7,11-12H2,1-2H3,(H,19,22). The van der Waals surface area contributed by atoms with Crippen molar-refractivity contribution in [2.24, 2.45) is 0 Å². The van der Waals surface area contributed by atoms with Gasteiger partial charge in [-0.2, -0.15) is 5.10 Å². The van der Waals surface area contributed by atoms with E-state index in [-0.39, 0.29) is 18.7 Å². The third-order valence-corrected chi connectivity index (χ3v) is 3.95. The highest BCUT2D eigenvalue weighted by Gasteiger charge is 2.17. The van der Waals surface area contributed by atoms with E-state index in [2.05, 4.69) is 16.5 Å². The van der Waals surface area contributed by atoms with Gasteiger partial charge in [0.15, 0.2) is 6.73 Å². The van der Waals surface area contributed by atoms with Crippen LogP contribution in [0.1, 0.15) is 34.5 Å². The van der Waals surface area contributed by atoms with Crippen LogP contribution in [0, 0.1) is 13.8 Å². The number of hydrogen-bond acceptors (Lipinski definition) is 4. The summed E-state index contributed by atoms with van der Waals surface area (Å²) in [5.41, 5.74) is 2.69. The first-order valence-corrected chi connectivity index (χ1v) is 8.24. The molecule has 0 saturated carbocycles. The topological polar surface area (TPSA) is 65.4 Å². The summed E-state index contributed by atoms with van der Waals surface area (Å²) in [5.74, 6) is 0.614. The zero-order valence-corrected chi connectivity index (χ0v) is 14.1. The maximum atomic E-state index is 12.1. The second kappa shape index (κ2) is 7.49. The number of benzene rings is 1. The fourth-order valence-corrected chi connectivity index (χ4v) is 2.81. The number of hydrogen-bond donors (Lipinski definition) is 1. The number of carbonyl (C=O) groups excluding carboxylic acids is 1. The lowest BCUT2D eigenvalue weighted by Gasteiger charge is -2.10. The second-order valence-corrected chi connectivity index (χ2v) is 6.18. The summed E-state index contributed by atoms with van der Waals surface area (Å²) in [5, 5.41) is 7.12. The summed E-state index contributed by atoms with van der Waals surface area (Å²) >= 11 is 0. The van der Waals surface area contributed by atoms with Gasteiger partial charge in [-0.15, -0.1) is 0 Å². The van der Waals surface area contributed by atoms with Crippen molar-refractivity contribution in [3.8, 4) is 5.75 Å². The molecule has 24 heavy (non-hydrogen) atoms. The van der Waals surface area contributed by atoms with Gasteiger partial charge in [0.1, 0.15) is 11.4 Å². The second-order valence-electron chi connectivity index (χ2n) is 6.18. The Hall–Kier alpha value is -2.34. The van der Waals surface area contributed by atoms with Gasteiger partial charge in [0.05, 0.1) is 6.10 Å². The van der Waals surface area contributed by atoms with E-state index in [1.165, 1.54) is 0 Å². The van der Waals surface area contributed by atoms with Crippen LogP contribution in [0.2, 0.25) is 0 Å². The number of carbonyl (C=O) groups is 1. The molecule has 0 spiro atoms. The average Bonchev–Trinajstić information content (AvgIpc) is 3.21. The largest absolute Gasteiger partial charge is 0.471 e. The van der Waals surface area contributed by atoms with Gasteiger partial charge in [-0.25, -0.2) is 4.68 Å². The van der Waals surface area contributed by atoms with Crippen LogP contribution in [0.5, 0.6) is 5.75 Å². The first-order chi connectivity index (χ1) is 11.6. The zero-order chi connectivity index (χ0) is 16.9. The van der Waals surface area contributed by atoms with Gasteiger partial charge in [-0.1, -0.05) is 6.07 Å². The quantitative estimate of drug-likeness (QED) is 0.884. The molecule has 128 valence electrons. The van der Waals surface area contributed by atoms with Gasteiger partial charge >= 0.3 is 0 Å². The molecule has 0 bridgehead atoms. The number of ether oxygens (including phenoxy) is 2. The van der Waals surface area contributed by atoms with E-state index in [9.17, 15) is 4.79 Å². The number of aryl methyl sites for hydroxylation is 2. The Morgan fingerprint density at radius 2 is 2.17 bits per heavy atom. The lowest BCUT2D eigenvalue weighted by Crippen LogP contribution is -2.32. The Kier molecular flexibility index (Phi) is 5.15. The summed E-state index contributed by atoms with van der Waals surface area (Å²) in [4.78, 5) is 12.1. The van der Waals surface area contributed by atoms with Crippen molar-refractivity contribution >= 4 is 5.91 Å². The van der Waals surface area contributed by atoms with Crippen molar-refractivity contribution in [1.29, 1.82) is 0 Å². The zero-order valence-electron chi connectivity index (χ0n) is 14.1. The molecular formula is C18H23N3O3. The van der Waals surface area contributed by atoms with Crippen molar-refractivity contribution in [2.45, 2.75) is 39.5 Å². The van der Waals surface area contributed by atoms with E-state index >= 15 is 0 Å². The molecule has 2 aromatic rings. The van der Waals surface area contributed by atoms with E-state index < -0.39 is 0 Å². The molecule has 0 radical (unpaired) electrons. The van der Waals surface area contributed by atoms with Crippen LogP contribution in [0.3, 0.4) is 0 Å². The van der Waals surface area contributed by atoms with Gasteiger partial charge in [0, 0.05) is 19.3 Å². The van der Waals surface area contributed by atoms with Crippen LogP contribution < -0.4 is 10.1 Å². The van der Waals surface area contributed by atoms with Crippen molar-refractivity contribution in [1.82, 2.24) is 15.1 Å². The van der Waals surface area contributed by atoms with Crippen LogP contribution in [0.25, 0.3) is 0 Å². The number of aromatic nitrogens is 2. The Labute approximate surface area is 141 Å². The van der Waals surface area contributed by atoms with Crippen molar-refractivity contribution in [3.63, 3.8) is 0 Å². The predicted molar refractivity (Wildman–Crippen MR) is 90.1 cm³/mol. The summed E-state index contributed by atoms with van der Waals surface area (Å²) < 4.78 is 12.8. The highest BCUT2D eigenvalue weighted by molar-refractivity contribution is 5.92. The Morgan fingerprint density at radius 1 is 1.38 bits per heavy atom. The molecular weight excluding hydrogens is 306 g/mol. The molecule has 1 aromatic heterocycles. The van der Waals surface area contributed by atoms with Crippen molar-refractivity contribution in [2.75, 3.05) is 13.2 Å². The van der Waals surface area contributed by atoms with Crippen LogP contribution in [-0.4, -0.2) is 34.9 Å². The predicted octanol–water partition coefficient (Wildman–Crippen LogP) is 2.45. The molecule has 1 N–H and O–H groups in total. The van der Waals surface area contributed by atoms with Gasteiger partial charge in [-0.05, 0) is 56.0 Å². The Bertz CT molecular complexity index is 685. The van der Waals surface area contributed by atoms with E-state index in [1.54, 1.807) is 16.9 Å². The molecule has 2 heterocycles. The third-order valence-electron chi connectivity index (χ3n) is 3.95. The number of amides is 1. The summed E-state index contributed by atoms with van der Waals surface area (Å²) in [6, 6.07) is 7.74. The lowest BCUT2D eigenvalue weighted by molar-refractivity contribution is 0.0852.